The van der Waals surface area contributed by atoms with E-state index in [1.54, 1.807) is 0 Å². The van der Waals surface area contributed by atoms with Gasteiger partial charge in [0.05, 0.1) is 12.2 Å². The van der Waals surface area contributed by atoms with Crippen LogP contribution in [-0.4, -0.2) is 47.6 Å². The molecule has 0 aromatic heterocycles. The van der Waals surface area contributed by atoms with Crippen LogP contribution in [-0.2, 0) is 14.3 Å². The predicted molar refractivity (Wildman–Crippen MR) is 114 cm³/mol. The van der Waals surface area contributed by atoms with E-state index >= 15 is 0 Å². The first-order valence-corrected chi connectivity index (χ1v) is 11.2. The Morgan fingerprint density at radius 2 is 1.97 bits per heavy atom. The number of rotatable bonds is 3. The fraction of sp³-hybridized carbons (Fsp3) is 0.667. The van der Waals surface area contributed by atoms with Gasteiger partial charge in [-0.15, -0.1) is 0 Å². The normalized spacial score (nSPS) is 30.4. The Kier molecular flexibility index (Phi) is 5.56. The van der Waals surface area contributed by atoms with Crippen LogP contribution in [0.2, 0.25) is 0 Å². The quantitative estimate of drug-likeness (QED) is 0.824. The van der Waals surface area contributed by atoms with Gasteiger partial charge in [0.1, 0.15) is 17.4 Å². The molecule has 3 aliphatic rings. The van der Waals surface area contributed by atoms with Crippen LogP contribution in [0.15, 0.2) is 24.3 Å². The van der Waals surface area contributed by atoms with E-state index in [4.69, 9.17) is 9.47 Å². The molecule has 0 saturated carbocycles. The second kappa shape index (κ2) is 7.88. The molecule has 3 heterocycles. The number of ether oxygens (including phenoxy) is 2. The number of amides is 2. The molecule has 0 unspecified atom stereocenters. The van der Waals surface area contributed by atoms with Gasteiger partial charge in [-0.1, -0.05) is 32.0 Å². The molecule has 0 spiro atoms. The minimum atomic E-state index is -0.474. The van der Waals surface area contributed by atoms with Gasteiger partial charge in [-0.2, -0.15) is 0 Å². The number of piperidine rings is 1. The molecule has 2 fully saturated rings. The standard InChI is InChI=1S/C24H34N2O4/c1-14(2)21(25-15(3)27)23(28)26-11-10-19-16(13-26)12-18-22(29-19)17-8-6-7-9-20(17)30-24(18,4)5/h6-9,14,16,18-19,21-22H,10-13H2,1-5H3,(H,25,27)/t16-,18+,19+,21-,22-/m1/s1. The third kappa shape index (κ3) is 3.82. The minimum Gasteiger partial charge on any atom is -0.487 e. The van der Waals surface area contributed by atoms with Crippen molar-refractivity contribution < 1.29 is 19.1 Å². The second-order valence-corrected chi connectivity index (χ2v) is 9.94. The Bertz CT molecular complexity index is 821. The van der Waals surface area contributed by atoms with Crippen LogP contribution in [0, 0.1) is 17.8 Å². The van der Waals surface area contributed by atoms with Crippen molar-refractivity contribution in [2.24, 2.45) is 17.8 Å². The Morgan fingerprint density at radius 3 is 2.67 bits per heavy atom. The van der Waals surface area contributed by atoms with Crippen LogP contribution in [0.4, 0.5) is 0 Å². The van der Waals surface area contributed by atoms with Crippen LogP contribution >= 0.6 is 0 Å². The number of fused-ring (bicyclic) bond motifs is 4. The van der Waals surface area contributed by atoms with Crippen molar-refractivity contribution in [2.75, 3.05) is 13.1 Å². The maximum absolute atomic E-state index is 13.2. The molecule has 2 amide bonds. The van der Waals surface area contributed by atoms with E-state index in [1.807, 2.05) is 36.9 Å². The summed E-state index contributed by atoms with van der Waals surface area (Å²) < 4.78 is 13.0. The van der Waals surface area contributed by atoms with Crippen molar-refractivity contribution in [2.45, 2.75) is 71.3 Å². The van der Waals surface area contributed by atoms with Crippen molar-refractivity contribution in [1.29, 1.82) is 0 Å². The molecule has 2 saturated heterocycles. The van der Waals surface area contributed by atoms with E-state index in [1.165, 1.54) is 6.92 Å². The highest BCUT2D eigenvalue weighted by Crippen LogP contribution is 2.52. The van der Waals surface area contributed by atoms with Gasteiger partial charge in [0, 0.05) is 37.4 Å². The average molecular weight is 415 g/mol. The molecule has 6 heteroatoms. The zero-order valence-electron chi connectivity index (χ0n) is 18.7. The first kappa shape index (κ1) is 21.2. The molecule has 1 aromatic rings. The first-order valence-electron chi connectivity index (χ1n) is 11.2. The number of carbonyl (C=O) groups excluding carboxylic acids is 2. The van der Waals surface area contributed by atoms with Gasteiger partial charge in [0.2, 0.25) is 11.8 Å². The number of carbonyl (C=O) groups is 2. The molecule has 0 radical (unpaired) electrons. The maximum Gasteiger partial charge on any atom is 0.245 e. The van der Waals surface area contributed by atoms with Crippen molar-refractivity contribution in [1.82, 2.24) is 10.2 Å². The summed E-state index contributed by atoms with van der Waals surface area (Å²) in [7, 11) is 0. The maximum atomic E-state index is 13.2. The largest absolute Gasteiger partial charge is 0.487 e. The summed E-state index contributed by atoms with van der Waals surface area (Å²) in [6.45, 7) is 11.0. The summed E-state index contributed by atoms with van der Waals surface area (Å²) in [6.07, 6.45) is 1.98. The molecule has 164 valence electrons. The van der Waals surface area contributed by atoms with E-state index in [-0.39, 0.29) is 47.4 Å². The van der Waals surface area contributed by atoms with Crippen LogP contribution in [0.3, 0.4) is 0 Å². The van der Waals surface area contributed by atoms with Gasteiger partial charge < -0.3 is 19.7 Å². The summed E-state index contributed by atoms with van der Waals surface area (Å²) in [4.78, 5) is 26.7. The number of hydrogen-bond donors (Lipinski definition) is 1. The predicted octanol–water partition coefficient (Wildman–Crippen LogP) is 3.31. The van der Waals surface area contributed by atoms with Crippen molar-refractivity contribution in [3.05, 3.63) is 29.8 Å². The lowest BCUT2D eigenvalue weighted by Gasteiger charge is -2.53. The fourth-order valence-electron chi connectivity index (χ4n) is 5.38. The van der Waals surface area contributed by atoms with Gasteiger partial charge in [-0.3, -0.25) is 9.59 Å². The van der Waals surface area contributed by atoms with Crippen molar-refractivity contribution in [3.8, 4) is 5.75 Å². The van der Waals surface area contributed by atoms with Crippen molar-refractivity contribution >= 4 is 11.8 Å². The number of para-hydroxylation sites is 1. The Hall–Kier alpha value is -2.08. The molecule has 30 heavy (non-hydrogen) atoms. The fourth-order valence-corrected chi connectivity index (χ4v) is 5.38. The molecule has 6 nitrogen and oxygen atoms in total. The van der Waals surface area contributed by atoms with E-state index in [0.29, 0.717) is 13.1 Å². The van der Waals surface area contributed by atoms with E-state index < -0.39 is 6.04 Å². The molecular formula is C24H34N2O4. The van der Waals surface area contributed by atoms with E-state index in [0.717, 1.165) is 24.2 Å². The zero-order chi connectivity index (χ0) is 21.6. The third-order valence-corrected chi connectivity index (χ3v) is 7.00. The third-order valence-electron chi connectivity index (χ3n) is 7.00. The molecule has 0 aliphatic carbocycles. The zero-order valence-corrected chi connectivity index (χ0v) is 18.7. The van der Waals surface area contributed by atoms with E-state index in [9.17, 15) is 9.59 Å². The lowest BCUT2D eigenvalue weighted by atomic mass is 9.70. The molecule has 0 bridgehead atoms. The topological polar surface area (TPSA) is 67.9 Å². The Labute approximate surface area is 179 Å². The number of nitrogens with one attached hydrogen (secondary N) is 1. The van der Waals surface area contributed by atoms with Gasteiger partial charge in [-0.25, -0.2) is 0 Å². The molecular weight excluding hydrogens is 380 g/mol. The minimum absolute atomic E-state index is 0.0188. The number of hydrogen-bond acceptors (Lipinski definition) is 4. The molecule has 1 aromatic carbocycles. The summed E-state index contributed by atoms with van der Waals surface area (Å²) in [5.41, 5.74) is 0.816. The highest BCUT2D eigenvalue weighted by Gasteiger charge is 2.51. The van der Waals surface area contributed by atoms with Crippen LogP contribution in [0.25, 0.3) is 0 Å². The molecule has 4 rings (SSSR count). The van der Waals surface area contributed by atoms with Gasteiger partial charge in [0.25, 0.3) is 0 Å². The number of likely N-dealkylation sites (tertiary alicyclic amines) is 1. The second-order valence-electron chi connectivity index (χ2n) is 9.94. The summed E-state index contributed by atoms with van der Waals surface area (Å²) in [5, 5.41) is 2.84. The SMILES string of the molecule is CC(=O)N[C@@H](C(=O)N1CC[C@@H]2O[C@@H]3c4ccccc4OC(C)(C)[C@H]3C[C@@H]2C1)C(C)C. The summed E-state index contributed by atoms with van der Waals surface area (Å²) in [5.74, 6) is 1.34. The number of nitrogens with zero attached hydrogens (tertiary/aromatic N) is 1. The van der Waals surface area contributed by atoms with Gasteiger partial charge >= 0.3 is 0 Å². The smallest absolute Gasteiger partial charge is 0.245 e. The van der Waals surface area contributed by atoms with Crippen molar-refractivity contribution in [3.63, 3.8) is 0 Å². The molecule has 5 atom stereocenters. The number of benzene rings is 1. The van der Waals surface area contributed by atoms with E-state index in [2.05, 4.69) is 25.2 Å². The Morgan fingerprint density at radius 1 is 1.23 bits per heavy atom. The monoisotopic (exact) mass is 414 g/mol. The summed E-state index contributed by atoms with van der Waals surface area (Å²) >= 11 is 0. The van der Waals surface area contributed by atoms with Crippen LogP contribution in [0.5, 0.6) is 5.75 Å². The average Bonchev–Trinajstić information content (AvgIpc) is 2.69. The first-order chi connectivity index (χ1) is 14.2. The van der Waals surface area contributed by atoms with Gasteiger partial charge in [0.15, 0.2) is 0 Å². The van der Waals surface area contributed by atoms with Crippen LogP contribution in [0.1, 0.15) is 59.1 Å². The Balaban J connectivity index is 1.51. The summed E-state index contributed by atoms with van der Waals surface area (Å²) in [6, 6.07) is 7.71. The lowest BCUT2D eigenvalue weighted by molar-refractivity contribution is -0.189. The highest BCUT2D eigenvalue weighted by molar-refractivity contribution is 5.87. The lowest BCUT2D eigenvalue weighted by Crippen LogP contribution is -2.58. The highest BCUT2D eigenvalue weighted by atomic mass is 16.5. The van der Waals surface area contributed by atoms with Crippen LogP contribution < -0.4 is 10.1 Å². The molecule has 1 N–H and O–H groups in total. The molecule has 3 aliphatic heterocycles. The van der Waals surface area contributed by atoms with Gasteiger partial charge in [-0.05, 0) is 38.7 Å².